The average molecular weight is 286 g/mol. The summed E-state index contributed by atoms with van der Waals surface area (Å²) in [5, 5.41) is 3.68. The van der Waals surface area contributed by atoms with Gasteiger partial charge in [-0.05, 0) is 43.7 Å². The second-order valence-corrected chi connectivity index (χ2v) is 6.35. The molecule has 3 rings (SSSR count). The third-order valence-electron chi connectivity index (χ3n) is 4.64. The Labute approximate surface area is 127 Å². The lowest BCUT2D eigenvalue weighted by Crippen LogP contribution is -2.51. The monoisotopic (exact) mass is 286 g/mol. The Bertz CT molecular complexity index is 542. The topological polar surface area (TPSA) is 44.5 Å². The van der Waals surface area contributed by atoms with Crippen LogP contribution in [0.2, 0.25) is 0 Å². The fraction of sp³-hybridized carbons (Fsp3) is 0.529. The van der Waals surface area contributed by atoms with Gasteiger partial charge in [-0.25, -0.2) is 0 Å². The number of piperazine rings is 1. The van der Waals surface area contributed by atoms with E-state index in [1.807, 2.05) is 6.92 Å². The number of nitrogens with zero attached hydrogens (tertiary/aromatic N) is 2. The van der Waals surface area contributed by atoms with Crippen molar-refractivity contribution in [1.29, 1.82) is 0 Å². The second kappa shape index (κ2) is 5.79. The van der Waals surface area contributed by atoms with Crippen molar-refractivity contribution in [3.63, 3.8) is 0 Å². The first kappa shape index (κ1) is 14.6. The summed E-state index contributed by atoms with van der Waals surface area (Å²) < 4.78 is 0. The average Bonchev–Trinajstić information content (AvgIpc) is 2.47. The maximum Gasteiger partial charge on any atom is 0.106 e. The fourth-order valence-corrected chi connectivity index (χ4v) is 3.26. The molecular formula is C17H26N4. The van der Waals surface area contributed by atoms with E-state index >= 15 is 0 Å². The van der Waals surface area contributed by atoms with E-state index in [1.165, 1.54) is 16.7 Å². The van der Waals surface area contributed by atoms with Crippen molar-refractivity contribution in [1.82, 2.24) is 15.1 Å². The van der Waals surface area contributed by atoms with Gasteiger partial charge < -0.3 is 16.0 Å². The number of hydrogen-bond donors (Lipinski definition) is 2. The first-order chi connectivity index (χ1) is 10.1. The van der Waals surface area contributed by atoms with Crippen LogP contribution in [0.25, 0.3) is 6.08 Å². The second-order valence-electron chi connectivity index (χ2n) is 6.35. The van der Waals surface area contributed by atoms with Gasteiger partial charge in [0.15, 0.2) is 0 Å². The van der Waals surface area contributed by atoms with Gasteiger partial charge in [0.1, 0.15) is 6.17 Å². The lowest BCUT2D eigenvalue weighted by atomic mass is 9.93. The fourth-order valence-electron chi connectivity index (χ4n) is 3.26. The van der Waals surface area contributed by atoms with Gasteiger partial charge in [-0.2, -0.15) is 0 Å². The van der Waals surface area contributed by atoms with Crippen molar-refractivity contribution in [3.05, 3.63) is 40.6 Å². The normalized spacial score (nSPS) is 25.0. The Morgan fingerprint density at radius 3 is 2.62 bits per heavy atom. The maximum atomic E-state index is 6.12. The van der Waals surface area contributed by atoms with Crippen molar-refractivity contribution in [2.24, 2.45) is 5.73 Å². The SMILES string of the molecule is Cc1cccc2c1C(N1CCN(C)CC1)NC([C@H](C)N)=C2. The number of aryl methyl sites for hydroxylation is 1. The van der Waals surface area contributed by atoms with Gasteiger partial charge in [-0.3, -0.25) is 4.90 Å². The van der Waals surface area contributed by atoms with Gasteiger partial charge in [0.25, 0.3) is 0 Å². The Morgan fingerprint density at radius 2 is 1.95 bits per heavy atom. The molecule has 0 aliphatic carbocycles. The predicted octanol–water partition coefficient (Wildman–Crippen LogP) is 1.53. The van der Waals surface area contributed by atoms with Crippen LogP contribution in [-0.4, -0.2) is 49.1 Å². The summed E-state index contributed by atoms with van der Waals surface area (Å²) in [7, 11) is 2.19. The molecule has 4 nitrogen and oxygen atoms in total. The molecule has 0 radical (unpaired) electrons. The van der Waals surface area contributed by atoms with Crippen LogP contribution in [0, 0.1) is 6.92 Å². The molecule has 1 aromatic carbocycles. The molecule has 1 fully saturated rings. The molecule has 4 heteroatoms. The molecular weight excluding hydrogens is 260 g/mol. The van der Waals surface area contributed by atoms with E-state index in [0.717, 1.165) is 31.9 Å². The Hall–Kier alpha value is -1.36. The lowest BCUT2D eigenvalue weighted by molar-refractivity contribution is 0.0973. The van der Waals surface area contributed by atoms with Crippen molar-refractivity contribution in [2.75, 3.05) is 33.2 Å². The molecule has 2 aliphatic heterocycles. The van der Waals surface area contributed by atoms with Crippen LogP contribution in [0.15, 0.2) is 23.9 Å². The molecule has 1 aromatic rings. The summed E-state index contributed by atoms with van der Waals surface area (Å²) in [4.78, 5) is 4.93. The van der Waals surface area contributed by atoms with Gasteiger partial charge in [-0.15, -0.1) is 0 Å². The van der Waals surface area contributed by atoms with Gasteiger partial charge in [0.05, 0.1) is 0 Å². The van der Waals surface area contributed by atoms with Crippen LogP contribution >= 0.6 is 0 Å². The molecule has 0 spiro atoms. The van der Waals surface area contributed by atoms with Crippen LogP contribution in [0.4, 0.5) is 0 Å². The maximum absolute atomic E-state index is 6.12. The zero-order valence-electron chi connectivity index (χ0n) is 13.3. The number of hydrogen-bond acceptors (Lipinski definition) is 4. The highest BCUT2D eigenvalue weighted by Gasteiger charge is 2.30. The number of nitrogens with one attached hydrogen (secondary N) is 1. The van der Waals surface area contributed by atoms with Crippen molar-refractivity contribution < 1.29 is 0 Å². The summed E-state index contributed by atoms with van der Waals surface area (Å²) in [5.41, 5.74) is 11.3. The van der Waals surface area contributed by atoms with E-state index in [9.17, 15) is 0 Å². The van der Waals surface area contributed by atoms with E-state index in [2.05, 4.69) is 53.4 Å². The standard InChI is InChI=1S/C17H26N4/c1-12-5-4-6-14-11-15(13(2)18)19-17(16(12)14)21-9-7-20(3)8-10-21/h4-6,11,13,17,19H,7-10,18H2,1-3H3/t13-,17?/m0/s1. The van der Waals surface area contributed by atoms with Crippen LogP contribution in [0.1, 0.15) is 29.8 Å². The molecule has 2 heterocycles. The van der Waals surface area contributed by atoms with Crippen molar-refractivity contribution >= 4 is 6.08 Å². The molecule has 0 bridgehead atoms. The summed E-state index contributed by atoms with van der Waals surface area (Å²) in [6.45, 7) is 8.67. The zero-order valence-corrected chi connectivity index (χ0v) is 13.3. The van der Waals surface area contributed by atoms with Crippen LogP contribution in [-0.2, 0) is 0 Å². The molecule has 114 valence electrons. The Kier molecular flexibility index (Phi) is 4.02. The first-order valence-electron chi connectivity index (χ1n) is 7.82. The molecule has 0 saturated carbocycles. The predicted molar refractivity (Wildman–Crippen MR) is 87.8 cm³/mol. The zero-order chi connectivity index (χ0) is 15.0. The van der Waals surface area contributed by atoms with E-state index < -0.39 is 0 Å². The summed E-state index contributed by atoms with van der Waals surface area (Å²) >= 11 is 0. The molecule has 3 N–H and O–H groups in total. The summed E-state index contributed by atoms with van der Waals surface area (Å²) in [6.07, 6.45) is 2.46. The Morgan fingerprint density at radius 1 is 1.24 bits per heavy atom. The van der Waals surface area contributed by atoms with Crippen LogP contribution in [0.3, 0.4) is 0 Å². The molecule has 0 amide bonds. The number of rotatable bonds is 2. The highest BCUT2D eigenvalue weighted by Crippen LogP contribution is 2.32. The first-order valence-corrected chi connectivity index (χ1v) is 7.82. The minimum atomic E-state index is 0.0358. The van der Waals surface area contributed by atoms with E-state index in [-0.39, 0.29) is 12.2 Å². The molecule has 21 heavy (non-hydrogen) atoms. The largest absolute Gasteiger partial charge is 0.368 e. The van der Waals surface area contributed by atoms with Gasteiger partial charge in [0.2, 0.25) is 0 Å². The third-order valence-corrected chi connectivity index (χ3v) is 4.64. The van der Waals surface area contributed by atoms with Crippen molar-refractivity contribution in [3.8, 4) is 0 Å². The van der Waals surface area contributed by atoms with Gasteiger partial charge in [-0.1, -0.05) is 18.2 Å². The summed E-state index contributed by atoms with van der Waals surface area (Å²) in [6, 6.07) is 6.58. The number of likely N-dealkylation sites (N-methyl/N-ethyl adjacent to an activating group) is 1. The molecule has 2 aliphatic rings. The molecule has 1 saturated heterocycles. The molecule has 1 unspecified atom stereocenters. The number of benzene rings is 1. The van der Waals surface area contributed by atoms with Gasteiger partial charge >= 0.3 is 0 Å². The highest BCUT2D eigenvalue weighted by molar-refractivity contribution is 5.62. The molecule has 0 aromatic heterocycles. The van der Waals surface area contributed by atoms with Gasteiger partial charge in [0, 0.05) is 37.9 Å². The van der Waals surface area contributed by atoms with Crippen molar-refractivity contribution in [2.45, 2.75) is 26.1 Å². The van der Waals surface area contributed by atoms with E-state index in [4.69, 9.17) is 5.73 Å². The van der Waals surface area contributed by atoms with Crippen LogP contribution in [0.5, 0.6) is 0 Å². The van der Waals surface area contributed by atoms with E-state index in [1.54, 1.807) is 0 Å². The smallest absolute Gasteiger partial charge is 0.106 e. The number of nitrogens with two attached hydrogens (primary N) is 1. The molecule has 2 atom stereocenters. The van der Waals surface area contributed by atoms with Crippen LogP contribution < -0.4 is 11.1 Å². The number of fused-ring (bicyclic) bond motifs is 1. The minimum absolute atomic E-state index is 0.0358. The van der Waals surface area contributed by atoms with E-state index in [0.29, 0.717) is 0 Å². The minimum Gasteiger partial charge on any atom is -0.368 e. The lowest BCUT2D eigenvalue weighted by Gasteiger charge is -2.42. The third kappa shape index (κ3) is 2.84. The Balaban J connectivity index is 1.96. The quantitative estimate of drug-likeness (QED) is 0.865. The highest BCUT2D eigenvalue weighted by atomic mass is 15.3. The summed E-state index contributed by atoms with van der Waals surface area (Å²) in [5.74, 6) is 0.